The Morgan fingerprint density at radius 1 is 1.50 bits per heavy atom. The zero-order valence-corrected chi connectivity index (χ0v) is 9.98. The maximum Gasteiger partial charge on any atom is 0.323 e. The molecule has 0 saturated carbocycles. The molecule has 0 aromatic rings. The largest absolute Gasteiger partial charge is 0.480 e. The van der Waals surface area contributed by atoms with E-state index in [4.69, 9.17) is 5.11 Å². The minimum absolute atomic E-state index is 0.166. The number of nitrogens with zero attached hydrogens (tertiary/aromatic N) is 2. The van der Waals surface area contributed by atoms with Crippen LogP contribution in [-0.2, 0) is 4.79 Å². The molecule has 16 heavy (non-hydrogen) atoms. The lowest BCUT2D eigenvalue weighted by Crippen LogP contribution is -2.42. The Kier molecular flexibility index (Phi) is 4.58. The lowest BCUT2D eigenvalue weighted by molar-refractivity contribution is -0.137. The minimum Gasteiger partial charge on any atom is -0.480 e. The Morgan fingerprint density at radius 2 is 2.19 bits per heavy atom. The van der Waals surface area contributed by atoms with Crippen molar-refractivity contribution in [3.05, 3.63) is 0 Å². The lowest BCUT2D eigenvalue weighted by atomic mass is 10.0. The van der Waals surface area contributed by atoms with Crippen molar-refractivity contribution in [2.75, 3.05) is 26.7 Å². The van der Waals surface area contributed by atoms with Crippen LogP contribution in [0.4, 0.5) is 4.79 Å². The Morgan fingerprint density at radius 3 is 2.75 bits per heavy atom. The summed E-state index contributed by atoms with van der Waals surface area (Å²) in [6.07, 6.45) is 3.32. The molecule has 1 N–H and O–H groups in total. The molecule has 2 amide bonds. The fourth-order valence-corrected chi connectivity index (χ4v) is 2.16. The van der Waals surface area contributed by atoms with Gasteiger partial charge in [-0.15, -0.1) is 0 Å². The van der Waals surface area contributed by atoms with Crippen LogP contribution < -0.4 is 0 Å². The molecule has 1 saturated heterocycles. The second-order valence-corrected chi connectivity index (χ2v) is 4.42. The van der Waals surface area contributed by atoms with Crippen LogP contribution in [0.15, 0.2) is 0 Å². The van der Waals surface area contributed by atoms with Crippen molar-refractivity contribution < 1.29 is 14.7 Å². The monoisotopic (exact) mass is 228 g/mol. The average molecular weight is 228 g/mol. The summed E-state index contributed by atoms with van der Waals surface area (Å²) < 4.78 is 0. The molecule has 1 rings (SSSR count). The third kappa shape index (κ3) is 3.40. The first-order valence-electron chi connectivity index (χ1n) is 5.76. The molecule has 1 unspecified atom stereocenters. The van der Waals surface area contributed by atoms with Gasteiger partial charge in [-0.25, -0.2) is 4.79 Å². The number of aliphatic carboxylic acids is 1. The standard InChI is InChI=1S/C11H20N2O3/c1-3-4-9-5-6-13(7-9)11(16)12(2)8-10(14)15/h9H,3-8H2,1-2H3,(H,14,15). The van der Waals surface area contributed by atoms with Gasteiger partial charge in [-0.05, 0) is 18.8 Å². The van der Waals surface area contributed by atoms with Crippen LogP contribution in [0.3, 0.4) is 0 Å². The van der Waals surface area contributed by atoms with Crippen LogP contribution in [-0.4, -0.2) is 53.6 Å². The van der Waals surface area contributed by atoms with Gasteiger partial charge < -0.3 is 14.9 Å². The number of likely N-dealkylation sites (N-methyl/N-ethyl adjacent to an activating group) is 1. The molecule has 5 nitrogen and oxygen atoms in total. The highest BCUT2D eigenvalue weighted by atomic mass is 16.4. The molecule has 92 valence electrons. The fraction of sp³-hybridized carbons (Fsp3) is 0.818. The van der Waals surface area contributed by atoms with Crippen molar-refractivity contribution in [1.82, 2.24) is 9.80 Å². The SMILES string of the molecule is CCCC1CCN(C(=O)N(C)CC(=O)O)C1. The van der Waals surface area contributed by atoms with E-state index in [0.29, 0.717) is 5.92 Å². The van der Waals surface area contributed by atoms with Gasteiger partial charge in [-0.2, -0.15) is 0 Å². The fourth-order valence-electron chi connectivity index (χ4n) is 2.16. The van der Waals surface area contributed by atoms with Crippen molar-refractivity contribution in [2.24, 2.45) is 5.92 Å². The highest BCUT2D eigenvalue weighted by Gasteiger charge is 2.27. The molecule has 0 spiro atoms. The topological polar surface area (TPSA) is 60.9 Å². The quantitative estimate of drug-likeness (QED) is 0.787. The van der Waals surface area contributed by atoms with Crippen LogP contribution in [0.2, 0.25) is 0 Å². The first-order chi connectivity index (χ1) is 7.54. The highest BCUT2D eigenvalue weighted by molar-refractivity contribution is 5.80. The molecule has 1 fully saturated rings. The predicted molar refractivity (Wildman–Crippen MR) is 60.2 cm³/mol. The summed E-state index contributed by atoms with van der Waals surface area (Å²) in [6, 6.07) is -0.166. The molecule has 0 aromatic carbocycles. The molecule has 0 radical (unpaired) electrons. The predicted octanol–water partition coefficient (Wildman–Crippen LogP) is 1.24. The van der Waals surface area contributed by atoms with Crippen molar-refractivity contribution in [2.45, 2.75) is 26.2 Å². The van der Waals surface area contributed by atoms with Gasteiger partial charge in [0.25, 0.3) is 0 Å². The first-order valence-corrected chi connectivity index (χ1v) is 5.76. The number of carboxylic acids is 1. The molecule has 5 heteroatoms. The zero-order chi connectivity index (χ0) is 12.1. The van der Waals surface area contributed by atoms with Crippen LogP contribution in [0.25, 0.3) is 0 Å². The molecule has 0 aromatic heterocycles. The number of amides is 2. The van der Waals surface area contributed by atoms with E-state index in [2.05, 4.69) is 6.92 Å². The molecule has 0 aliphatic carbocycles. The van der Waals surface area contributed by atoms with Gasteiger partial charge in [0.1, 0.15) is 6.54 Å². The number of hydrogen-bond acceptors (Lipinski definition) is 2. The maximum atomic E-state index is 11.8. The molecular weight excluding hydrogens is 208 g/mol. The number of likely N-dealkylation sites (tertiary alicyclic amines) is 1. The number of carboxylic acid groups (broad SMARTS) is 1. The first kappa shape index (κ1) is 12.8. The van der Waals surface area contributed by atoms with Gasteiger partial charge in [0.15, 0.2) is 0 Å². The van der Waals surface area contributed by atoms with Crippen molar-refractivity contribution in [3.8, 4) is 0 Å². The van der Waals surface area contributed by atoms with Crippen LogP contribution in [0.5, 0.6) is 0 Å². The highest BCUT2D eigenvalue weighted by Crippen LogP contribution is 2.21. The normalized spacial score (nSPS) is 19.9. The Bertz CT molecular complexity index is 268. The molecule has 1 aliphatic heterocycles. The summed E-state index contributed by atoms with van der Waals surface area (Å²) in [6.45, 7) is 3.44. The van der Waals surface area contributed by atoms with Gasteiger partial charge in [-0.1, -0.05) is 13.3 Å². The van der Waals surface area contributed by atoms with Gasteiger partial charge in [0, 0.05) is 20.1 Å². The van der Waals surface area contributed by atoms with E-state index in [1.807, 2.05) is 0 Å². The average Bonchev–Trinajstić information content (AvgIpc) is 2.64. The third-order valence-corrected chi connectivity index (χ3v) is 2.95. The number of carbonyl (C=O) groups is 2. The van der Waals surface area contributed by atoms with E-state index in [1.165, 1.54) is 11.9 Å². The summed E-state index contributed by atoms with van der Waals surface area (Å²) in [5, 5.41) is 8.60. The summed E-state index contributed by atoms with van der Waals surface area (Å²) in [7, 11) is 1.53. The summed E-state index contributed by atoms with van der Waals surface area (Å²) >= 11 is 0. The Labute approximate surface area is 96.0 Å². The minimum atomic E-state index is -0.972. The summed E-state index contributed by atoms with van der Waals surface area (Å²) in [5.41, 5.74) is 0. The lowest BCUT2D eigenvalue weighted by Gasteiger charge is -2.23. The van der Waals surface area contributed by atoms with E-state index in [1.54, 1.807) is 4.90 Å². The smallest absolute Gasteiger partial charge is 0.323 e. The third-order valence-electron chi connectivity index (χ3n) is 2.95. The number of carbonyl (C=O) groups excluding carboxylic acids is 1. The molecule has 1 atom stereocenters. The summed E-state index contributed by atoms with van der Waals surface area (Å²) in [4.78, 5) is 25.3. The van der Waals surface area contributed by atoms with E-state index < -0.39 is 5.97 Å². The van der Waals surface area contributed by atoms with Crippen LogP contribution in [0.1, 0.15) is 26.2 Å². The van der Waals surface area contributed by atoms with Gasteiger partial charge in [-0.3, -0.25) is 4.79 Å². The van der Waals surface area contributed by atoms with Crippen LogP contribution in [0, 0.1) is 5.92 Å². The molecule has 0 bridgehead atoms. The number of rotatable bonds is 4. The second-order valence-electron chi connectivity index (χ2n) is 4.42. The zero-order valence-electron chi connectivity index (χ0n) is 9.98. The van der Waals surface area contributed by atoms with E-state index in [-0.39, 0.29) is 12.6 Å². The van der Waals surface area contributed by atoms with Gasteiger partial charge >= 0.3 is 12.0 Å². The van der Waals surface area contributed by atoms with E-state index in [9.17, 15) is 9.59 Å². The molecule has 1 heterocycles. The van der Waals surface area contributed by atoms with E-state index >= 15 is 0 Å². The van der Waals surface area contributed by atoms with Crippen molar-refractivity contribution in [3.63, 3.8) is 0 Å². The summed E-state index contributed by atoms with van der Waals surface area (Å²) in [5.74, 6) is -0.382. The van der Waals surface area contributed by atoms with Gasteiger partial charge in [0.2, 0.25) is 0 Å². The number of hydrogen-bond donors (Lipinski definition) is 1. The van der Waals surface area contributed by atoms with Crippen LogP contribution >= 0.6 is 0 Å². The Balaban J connectivity index is 2.41. The molecular formula is C11H20N2O3. The van der Waals surface area contributed by atoms with Crippen molar-refractivity contribution in [1.29, 1.82) is 0 Å². The Hall–Kier alpha value is -1.26. The van der Waals surface area contributed by atoms with Gasteiger partial charge in [0.05, 0.1) is 0 Å². The van der Waals surface area contributed by atoms with E-state index in [0.717, 1.165) is 32.4 Å². The van der Waals surface area contributed by atoms with Crippen molar-refractivity contribution >= 4 is 12.0 Å². The second kappa shape index (κ2) is 5.72. The maximum absolute atomic E-state index is 11.8. The molecule has 1 aliphatic rings. The number of urea groups is 1.